The Morgan fingerprint density at radius 1 is 0.690 bits per heavy atom. The first kappa shape index (κ1) is 19.0. The monoisotopic (exact) mass is 379 g/mol. The van der Waals surface area contributed by atoms with Crippen LogP contribution in [0.3, 0.4) is 0 Å². The van der Waals surface area contributed by atoms with E-state index in [9.17, 15) is 0 Å². The molecule has 4 aromatic rings. The Kier molecular flexibility index (Phi) is 5.50. The van der Waals surface area contributed by atoms with Gasteiger partial charge in [-0.25, -0.2) is 9.97 Å². The maximum atomic E-state index is 6.49. The molecule has 0 amide bonds. The molecule has 4 rings (SSSR count). The molecule has 0 aliphatic rings. The second-order valence-electron chi connectivity index (χ2n) is 7.47. The Hall–Kier alpha value is -3.30. The van der Waals surface area contributed by atoms with Crippen LogP contribution >= 0.6 is 0 Å². The van der Waals surface area contributed by atoms with Gasteiger partial charge in [0.25, 0.3) is 0 Å². The lowest BCUT2D eigenvalue weighted by Gasteiger charge is -2.14. The predicted octanol–water partition coefficient (Wildman–Crippen LogP) is 5.67. The molecule has 0 spiro atoms. The van der Waals surface area contributed by atoms with Crippen molar-refractivity contribution in [3.63, 3.8) is 0 Å². The highest BCUT2D eigenvalue weighted by Crippen LogP contribution is 2.26. The molecule has 3 nitrogen and oxygen atoms in total. The summed E-state index contributed by atoms with van der Waals surface area (Å²) >= 11 is 0. The van der Waals surface area contributed by atoms with E-state index in [1.165, 1.54) is 11.1 Å². The maximum Gasteiger partial charge on any atom is 0.159 e. The fourth-order valence-corrected chi connectivity index (χ4v) is 3.60. The van der Waals surface area contributed by atoms with Crippen LogP contribution in [0.25, 0.3) is 22.5 Å². The lowest BCUT2D eigenvalue weighted by molar-refractivity contribution is 0.722. The molecule has 1 aromatic heterocycles. The Balaban J connectivity index is 1.56. The molecular weight excluding hydrogens is 354 g/mol. The second-order valence-corrected chi connectivity index (χ2v) is 7.47. The summed E-state index contributed by atoms with van der Waals surface area (Å²) in [4.78, 5) is 9.11. The molecule has 29 heavy (non-hydrogen) atoms. The molecule has 144 valence electrons. The van der Waals surface area contributed by atoms with Crippen LogP contribution in [-0.2, 0) is 6.42 Å². The Bertz CT molecular complexity index is 1080. The number of nitrogens with zero attached hydrogens (tertiary/aromatic N) is 2. The first-order chi connectivity index (χ1) is 14.1. The summed E-state index contributed by atoms with van der Waals surface area (Å²) in [5.41, 5.74) is 14.2. The summed E-state index contributed by atoms with van der Waals surface area (Å²) in [5.74, 6) is 0.771. The fraction of sp³-hybridized carbons (Fsp3) is 0.154. The van der Waals surface area contributed by atoms with Crippen molar-refractivity contribution in [1.82, 2.24) is 9.97 Å². The summed E-state index contributed by atoms with van der Waals surface area (Å²) in [7, 11) is 0. The molecule has 0 radical (unpaired) electrons. The van der Waals surface area contributed by atoms with Crippen LogP contribution in [-0.4, -0.2) is 9.97 Å². The van der Waals surface area contributed by atoms with E-state index in [1.54, 1.807) is 0 Å². The molecule has 1 atom stereocenters. The third-order valence-corrected chi connectivity index (χ3v) is 5.07. The first-order valence-electron chi connectivity index (χ1n) is 9.91. The summed E-state index contributed by atoms with van der Waals surface area (Å²) < 4.78 is 0. The van der Waals surface area contributed by atoms with Gasteiger partial charge in [0.15, 0.2) is 5.82 Å². The molecule has 0 aliphatic heterocycles. The minimum atomic E-state index is -0.0275. The largest absolute Gasteiger partial charge is 0.324 e. The highest BCUT2D eigenvalue weighted by atomic mass is 14.9. The molecule has 3 aromatic carbocycles. The van der Waals surface area contributed by atoms with Crippen molar-refractivity contribution in [2.75, 3.05) is 0 Å². The number of hydrogen-bond acceptors (Lipinski definition) is 3. The normalized spacial score (nSPS) is 12.0. The zero-order chi connectivity index (χ0) is 20.2. The molecule has 3 heteroatoms. The quantitative estimate of drug-likeness (QED) is 0.486. The van der Waals surface area contributed by atoms with Gasteiger partial charge in [0.2, 0.25) is 0 Å². The van der Waals surface area contributed by atoms with E-state index in [-0.39, 0.29) is 6.04 Å². The van der Waals surface area contributed by atoms with Gasteiger partial charge < -0.3 is 5.73 Å². The molecule has 2 N–H and O–H groups in total. The van der Waals surface area contributed by atoms with E-state index in [0.717, 1.165) is 40.3 Å². The second kappa shape index (κ2) is 8.38. The van der Waals surface area contributed by atoms with E-state index in [4.69, 9.17) is 5.73 Å². The van der Waals surface area contributed by atoms with Crippen molar-refractivity contribution in [1.29, 1.82) is 0 Å². The molecular formula is C26H25N3. The lowest BCUT2D eigenvalue weighted by atomic mass is 9.95. The van der Waals surface area contributed by atoms with Gasteiger partial charge in [-0.2, -0.15) is 0 Å². The minimum absolute atomic E-state index is 0.0275. The Morgan fingerprint density at radius 3 is 2.03 bits per heavy atom. The zero-order valence-corrected chi connectivity index (χ0v) is 16.8. The molecule has 0 bridgehead atoms. The van der Waals surface area contributed by atoms with E-state index in [2.05, 4.69) is 82.8 Å². The van der Waals surface area contributed by atoms with E-state index in [1.807, 2.05) is 26.0 Å². The van der Waals surface area contributed by atoms with Crippen LogP contribution in [0.5, 0.6) is 0 Å². The SMILES string of the molecule is Cc1cc(C)nc(-c2ccc(-c3cccc(C(N)Cc4ccccc4)c3)cc2)n1. The highest BCUT2D eigenvalue weighted by molar-refractivity contribution is 5.68. The minimum Gasteiger partial charge on any atom is -0.324 e. The van der Waals surface area contributed by atoms with Crippen molar-refractivity contribution in [3.8, 4) is 22.5 Å². The van der Waals surface area contributed by atoms with Gasteiger partial charge in [0, 0.05) is 23.0 Å². The average Bonchev–Trinajstić information content (AvgIpc) is 2.74. The van der Waals surface area contributed by atoms with Crippen molar-refractivity contribution < 1.29 is 0 Å². The Labute approximate surface area is 172 Å². The average molecular weight is 380 g/mol. The fourth-order valence-electron chi connectivity index (χ4n) is 3.60. The van der Waals surface area contributed by atoms with Crippen LogP contribution in [0.15, 0.2) is 84.9 Å². The molecule has 0 aliphatic carbocycles. The third-order valence-electron chi connectivity index (χ3n) is 5.07. The van der Waals surface area contributed by atoms with Gasteiger partial charge >= 0.3 is 0 Å². The van der Waals surface area contributed by atoms with Gasteiger partial charge in [0.05, 0.1) is 0 Å². The van der Waals surface area contributed by atoms with Crippen LogP contribution < -0.4 is 5.73 Å². The van der Waals surface area contributed by atoms with Gasteiger partial charge in [-0.05, 0) is 54.7 Å². The van der Waals surface area contributed by atoms with E-state index < -0.39 is 0 Å². The number of aromatic nitrogens is 2. The van der Waals surface area contributed by atoms with Crippen molar-refractivity contribution in [2.45, 2.75) is 26.3 Å². The van der Waals surface area contributed by atoms with Crippen LogP contribution in [0.4, 0.5) is 0 Å². The van der Waals surface area contributed by atoms with Crippen LogP contribution in [0, 0.1) is 13.8 Å². The summed E-state index contributed by atoms with van der Waals surface area (Å²) in [6.45, 7) is 3.99. The van der Waals surface area contributed by atoms with Crippen molar-refractivity contribution >= 4 is 0 Å². The van der Waals surface area contributed by atoms with Crippen LogP contribution in [0.1, 0.15) is 28.6 Å². The molecule has 1 unspecified atom stereocenters. The van der Waals surface area contributed by atoms with Crippen LogP contribution in [0.2, 0.25) is 0 Å². The number of aryl methyl sites for hydroxylation is 2. The summed E-state index contributed by atoms with van der Waals surface area (Å²) in [6, 6.07) is 29.3. The number of hydrogen-bond donors (Lipinski definition) is 1. The topological polar surface area (TPSA) is 51.8 Å². The summed E-state index contributed by atoms with van der Waals surface area (Å²) in [5, 5.41) is 0. The van der Waals surface area contributed by atoms with Gasteiger partial charge in [-0.3, -0.25) is 0 Å². The van der Waals surface area contributed by atoms with Crippen molar-refractivity contribution in [2.24, 2.45) is 5.73 Å². The van der Waals surface area contributed by atoms with E-state index in [0.29, 0.717) is 0 Å². The maximum absolute atomic E-state index is 6.49. The standard InChI is InChI=1S/C26H25N3/c1-18-15-19(2)29-26(28-18)22-13-11-21(12-14-22)23-9-6-10-24(17-23)25(27)16-20-7-4-3-5-8-20/h3-15,17,25H,16,27H2,1-2H3. The van der Waals surface area contributed by atoms with Crippen molar-refractivity contribution in [3.05, 3.63) is 107 Å². The van der Waals surface area contributed by atoms with Gasteiger partial charge in [-0.15, -0.1) is 0 Å². The zero-order valence-electron chi connectivity index (χ0n) is 16.8. The molecule has 0 saturated carbocycles. The predicted molar refractivity (Wildman–Crippen MR) is 119 cm³/mol. The smallest absolute Gasteiger partial charge is 0.159 e. The van der Waals surface area contributed by atoms with E-state index >= 15 is 0 Å². The third kappa shape index (κ3) is 4.58. The number of nitrogens with two attached hydrogens (primary N) is 1. The highest BCUT2D eigenvalue weighted by Gasteiger charge is 2.09. The van der Waals surface area contributed by atoms with Gasteiger partial charge in [0.1, 0.15) is 0 Å². The number of benzene rings is 3. The number of rotatable bonds is 5. The first-order valence-corrected chi connectivity index (χ1v) is 9.91. The lowest BCUT2D eigenvalue weighted by Crippen LogP contribution is -2.13. The molecule has 1 heterocycles. The van der Waals surface area contributed by atoms with Gasteiger partial charge in [-0.1, -0.05) is 72.8 Å². The Morgan fingerprint density at radius 2 is 1.34 bits per heavy atom. The summed E-state index contributed by atoms with van der Waals surface area (Å²) in [6.07, 6.45) is 0.827. The molecule has 0 fully saturated rings. The molecule has 0 saturated heterocycles.